The standard InChI is InChI=1S/C60H102O6/c1-4-7-10-13-16-19-22-25-27-29-31-32-35-38-41-44-47-50-53-59(62)65-56-57(55-64-58(61)52-49-46-43-40-37-34-24-21-18-15-12-9-6-3)66-60(63)54-51-48-45-42-39-36-33-30-28-26-23-20-17-14-11-8-5-2/h9,12,15,18,21-22,24-25,27,29,31-32,34,37,57H,4-8,10-11,13-14,16-17,19-20,23,26,28,30,33,35-36,38-56H2,1-3H3/b12-9+,18-15+,24-21+,25-22+,29-27+,32-31+,37-34+. The molecule has 0 rings (SSSR count). The summed E-state index contributed by atoms with van der Waals surface area (Å²) in [5.41, 5.74) is 0. The molecule has 0 saturated heterocycles. The fourth-order valence-electron chi connectivity index (χ4n) is 7.63. The van der Waals surface area contributed by atoms with Gasteiger partial charge in [0.2, 0.25) is 0 Å². The zero-order valence-corrected chi connectivity index (χ0v) is 43.2. The van der Waals surface area contributed by atoms with Gasteiger partial charge in [-0.25, -0.2) is 0 Å². The second-order valence-electron chi connectivity index (χ2n) is 18.3. The Morgan fingerprint density at radius 2 is 0.591 bits per heavy atom. The van der Waals surface area contributed by atoms with Crippen molar-refractivity contribution in [3.63, 3.8) is 0 Å². The van der Waals surface area contributed by atoms with Gasteiger partial charge >= 0.3 is 17.9 Å². The van der Waals surface area contributed by atoms with Crippen LogP contribution in [0.2, 0.25) is 0 Å². The van der Waals surface area contributed by atoms with E-state index in [0.29, 0.717) is 19.3 Å². The zero-order valence-electron chi connectivity index (χ0n) is 43.2. The van der Waals surface area contributed by atoms with Gasteiger partial charge in [-0.05, 0) is 64.2 Å². The smallest absolute Gasteiger partial charge is 0.306 e. The number of unbranched alkanes of at least 4 members (excludes halogenated alkanes) is 29. The minimum atomic E-state index is -0.800. The van der Waals surface area contributed by atoms with Gasteiger partial charge in [0.25, 0.3) is 0 Å². The highest BCUT2D eigenvalue weighted by molar-refractivity contribution is 5.71. The fourth-order valence-corrected chi connectivity index (χ4v) is 7.63. The summed E-state index contributed by atoms with van der Waals surface area (Å²) in [6, 6.07) is 0. The summed E-state index contributed by atoms with van der Waals surface area (Å²) in [5.74, 6) is -0.951. The molecule has 0 radical (unpaired) electrons. The number of hydrogen-bond donors (Lipinski definition) is 0. The van der Waals surface area contributed by atoms with Gasteiger partial charge in [-0.15, -0.1) is 0 Å². The van der Waals surface area contributed by atoms with Crippen LogP contribution >= 0.6 is 0 Å². The third-order valence-corrected chi connectivity index (χ3v) is 11.8. The lowest BCUT2D eigenvalue weighted by Gasteiger charge is -2.18. The number of allylic oxidation sites excluding steroid dienone is 14. The largest absolute Gasteiger partial charge is 0.462 e. The molecule has 0 heterocycles. The Kier molecular flexibility index (Phi) is 51.4. The lowest BCUT2D eigenvalue weighted by molar-refractivity contribution is -0.167. The Balaban J connectivity index is 4.45. The van der Waals surface area contributed by atoms with Gasteiger partial charge in [0, 0.05) is 19.3 Å². The van der Waals surface area contributed by atoms with Crippen LogP contribution in [0.3, 0.4) is 0 Å². The summed E-state index contributed by atoms with van der Waals surface area (Å²) in [5, 5.41) is 0. The minimum absolute atomic E-state index is 0.0987. The van der Waals surface area contributed by atoms with Gasteiger partial charge in [0.15, 0.2) is 6.10 Å². The van der Waals surface area contributed by atoms with Crippen LogP contribution in [-0.4, -0.2) is 37.2 Å². The number of hydrogen-bond acceptors (Lipinski definition) is 6. The molecule has 0 aromatic carbocycles. The highest BCUT2D eigenvalue weighted by Gasteiger charge is 2.19. The molecule has 1 atom stereocenters. The monoisotopic (exact) mass is 919 g/mol. The third kappa shape index (κ3) is 51.6. The van der Waals surface area contributed by atoms with Gasteiger partial charge in [-0.2, -0.15) is 0 Å². The van der Waals surface area contributed by atoms with Crippen LogP contribution in [0.1, 0.15) is 258 Å². The quantitative estimate of drug-likeness (QED) is 0.0262. The molecule has 0 spiro atoms. The normalized spacial score (nSPS) is 12.7. The molecule has 0 aromatic heterocycles. The number of carbonyl (C=O) groups is 3. The first-order valence-corrected chi connectivity index (χ1v) is 27.7. The summed E-state index contributed by atoms with van der Waals surface area (Å²) in [6.07, 6.45) is 70.0. The molecule has 6 nitrogen and oxygen atoms in total. The van der Waals surface area contributed by atoms with Crippen LogP contribution in [0, 0.1) is 0 Å². The van der Waals surface area contributed by atoms with E-state index in [2.05, 4.69) is 69.4 Å². The third-order valence-electron chi connectivity index (χ3n) is 11.8. The Hall–Kier alpha value is -3.41. The first kappa shape index (κ1) is 62.6. The van der Waals surface area contributed by atoms with Gasteiger partial charge in [0.05, 0.1) is 0 Å². The fraction of sp³-hybridized carbons (Fsp3) is 0.717. The van der Waals surface area contributed by atoms with Gasteiger partial charge in [-0.3, -0.25) is 14.4 Å². The van der Waals surface area contributed by atoms with E-state index in [1.54, 1.807) is 0 Å². The van der Waals surface area contributed by atoms with Crippen LogP contribution in [0.25, 0.3) is 0 Å². The van der Waals surface area contributed by atoms with E-state index in [1.165, 1.54) is 122 Å². The molecular weight excluding hydrogens is 817 g/mol. The number of rotatable bonds is 49. The zero-order chi connectivity index (χ0) is 47.9. The van der Waals surface area contributed by atoms with Crippen LogP contribution < -0.4 is 0 Å². The van der Waals surface area contributed by atoms with Crippen molar-refractivity contribution < 1.29 is 28.6 Å². The van der Waals surface area contributed by atoms with E-state index in [4.69, 9.17) is 14.2 Å². The first-order valence-electron chi connectivity index (χ1n) is 27.7. The van der Waals surface area contributed by atoms with Crippen molar-refractivity contribution in [1.29, 1.82) is 0 Å². The summed E-state index contributed by atoms with van der Waals surface area (Å²) in [6.45, 7) is 6.44. The molecule has 1 unspecified atom stereocenters. The van der Waals surface area contributed by atoms with Gasteiger partial charge in [-0.1, -0.05) is 260 Å². The second kappa shape index (κ2) is 54.2. The van der Waals surface area contributed by atoms with Gasteiger partial charge in [0.1, 0.15) is 13.2 Å². The summed E-state index contributed by atoms with van der Waals surface area (Å²) < 4.78 is 16.8. The highest BCUT2D eigenvalue weighted by Crippen LogP contribution is 2.16. The maximum absolute atomic E-state index is 12.8. The lowest BCUT2D eigenvalue weighted by Crippen LogP contribution is -2.30. The first-order chi connectivity index (χ1) is 32.5. The van der Waals surface area contributed by atoms with E-state index in [1.807, 2.05) is 36.5 Å². The molecule has 0 amide bonds. The van der Waals surface area contributed by atoms with Gasteiger partial charge < -0.3 is 14.2 Å². The molecule has 6 heteroatoms. The Labute approximate surface area is 407 Å². The molecule has 0 saturated carbocycles. The number of carbonyl (C=O) groups excluding carboxylic acids is 3. The highest BCUT2D eigenvalue weighted by atomic mass is 16.6. The van der Waals surface area contributed by atoms with Crippen LogP contribution in [0.5, 0.6) is 0 Å². The average molecular weight is 919 g/mol. The van der Waals surface area contributed by atoms with E-state index in [0.717, 1.165) is 96.3 Å². The van der Waals surface area contributed by atoms with Crippen molar-refractivity contribution in [3.05, 3.63) is 85.1 Å². The topological polar surface area (TPSA) is 78.9 Å². The van der Waals surface area contributed by atoms with Crippen molar-refractivity contribution in [2.24, 2.45) is 0 Å². The Morgan fingerprint density at radius 3 is 0.939 bits per heavy atom. The van der Waals surface area contributed by atoms with Crippen LogP contribution in [-0.2, 0) is 28.6 Å². The molecule has 0 aliphatic rings. The van der Waals surface area contributed by atoms with E-state index >= 15 is 0 Å². The molecular formula is C60H102O6. The number of ether oxygens (including phenoxy) is 3. The molecule has 0 bridgehead atoms. The summed E-state index contributed by atoms with van der Waals surface area (Å²) >= 11 is 0. The summed E-state index contributed by atoms with van der Waals surface area (Å²) in [7, 11) is 0. The van der Waals surface area contributed by atoms with Crippen molar-refractivity contribution in [1.82, 2.24) is 0 Å². The van der Waals surface area contributed by atoms with Crippen molar-refractivity contribution in [3.8, 4) is 0 Å². The molecule has 0 aromatic rings. The molecule has 0 fully saturated rings. The molecule has 0 aliphatic heterocycles. The van der Waals surface area contributed by atoms with Crippen molar-refractivity contribution in [2.75, 3.05) is 13.2 Å². The predicted molar refractivity (Wildman–Crippen MR) is 284 cm³/mol. The summed E-state index contributed by atoms with van der Waals surface area (Å²) in [4.78, 5) is 38.1. The van der Waals surface area contributed by atoms with E-state index in [9.17, 15) is 14.4 Å². The predicted octanol–water partition coefficient (Wildman–Crippen LogP) is 18.4. The molecule has 0 N–H and O–H groups in total. The van der Waals surface area contributed by atoms with Crippen LogP contribution in [0.15, 0.2) is 85.1 Å². The minimum Gasteiger partial charge on any atom is -0.462 e. The molecule has 0 aliphatic carbocycles. The lowest BCUT2D eigenvalue weighted by atomic mass is 10.0. The maximum Gasteiger partial charge on any atom is 0.306 e. The van der Waals surface area contributed by atoms with E-state index in [-0.39, 0.29) is 31.1 Å². The number of esters is 3. The maximum atomic E-state index is 12.8. The molecule has 66 heavy (non-hydrogen) atoms. The second-order valence-corrected chi connectivity index (χ2v) is 18.3. The molecule has 378 valence electrons. The van der Waals surface area contributed by atoms with E-state index < -0.39 is 6.10 Å². The van der Waals surface area contributed by atoms with Crippen LogP contribution in [0.4, 0.5) is 0 Å². The van der Waals surface area contributed by atoms with Crippen molar-refractivity contribution in [2.45, 2.75) is 264 Å². The van der Waals surface area contributed by atoms with Crippen molar-refractivity contribution >= 4 is 17.9 Å². The Morgan fingerprint density at radius 1 is 0.318 bits per heavy atom. The Bertz CT molecular complexity index is 1290. The SMILES string of the molecule is CC/C=C/C=C/C=C/C=C/CCCCCC(=O)OCC(COC(=O)CCCCCCC/C=C/C=C/C=C/CCCCCCC)OC(=O)CCCCCCCCCCCCCCCCCCC. The average Bonchev–Trinajstić information content (AvgIpc) is 3.31.